The van der Waals surface area contributed by atoms with Gasteiger partial charge >= 0.3 is 0 Å². The lowest BCUT2D eigenvalue weighted by Crippen LogP contribution is -2.27. The number of amides is 1. The van der Waals surface area contributed by atoms with Gasteiger partial charge in [0.15, 0.2) is 6.23 Å². The maximum Gasteiger partial charge on any atom is 0.261 e. The van der Waals surface area contributed by atoms with Crippen molar-refractivity contribution >= 4 is 22.4 Å². The van der Waals surface area contributed by atoms with E-state index in [0.717, 1.165) is 16.5 Å². The molecule has 3 aromatic rings. The van der Waals surface area contributed by atoms with Crippen molar-refractivity contribution in [3.8, 4) is 0 Å². The molecular formula is C18H13NO2. The van der Waals surface area contributed by atoms with Gasteiger partial charge in [0.05, 0.1) is 5.69 Å². The van der Waals surface area contributed by atoms with Gasteiger partial charge in [0.1, 0.15) is 0 Å². The highest BCUT2D eigenvalue weighted by Gasteiger charge is 2.36. The van der Waals surface area contributed by atoms with E-state index in [0.29, 0.717) is 11.1 Å². The van der Waals surface area contributed by atoms with Crippen LogP contribution in [0.15, 0.2) is 66.7 Å². The summed E-state index contributed by atoms with van der Waals surface area (Å²) in [6.07, 6.45) is -0.931. The Labute approximate surface area is 122 Å². The van der Waals surface area contributed by atoms with Crippen LogP contribution in [0.5, 0.6) is 0 Å². The van der Waals surface area contributed by atoms with Crippen LogP contribution in [0.2, 0.25) is 0 Å². The zero-order valence-electron chi connectivity index (χ0n) is 11.2. The first kappa shape index (κ1) is 12.1. The Morgan fingerprint density at radius 3 is 2.43 bits per heavy atom. The number of hydrogen-bond acceptors (Lipinski definition) is 2. The van der Waals surface area contributed by atoms with E-state index in [1.807, 2.05) is 54.6 Å². The van der Waals surface area contributed by atoms with Crippen LogP contribution in [0, 0.1) is 0 Å². The molecule has 1 N–H and O–H groups in total. The third-order valence-electron chi connectivity index (χ3n) is 3.96. The second kappa shape index (κ2) is 4.43. The monoisotopic (exact) mass is 275 g/mol. The summed E-state index contributed by atoms with van der Waals surface area (Å²) in [6.45, 7) is 0. The van der Waals surface area contributed by atoms with E-state index < -0.39 is 6.23 Å². The van der Waals surface area contributed by atoms with Crippen LogP contribution in [0.25, 0.3) is 10.8 Å². The zero-order valence-corrected chi connectivity index (χ0v) is 11.2. The van der Waals surface area contributed by atoms with Gasteiger partial charge in [0.25, 0.3) is 5.91 Å². The van der Waals surface area contributed by atoms with Crippen molar-refractivity contribution in [2.75, 3.05) is 4.90 Å². The molecule has 0 fully saturated rings. The summed E-state index contributed by atoms with van der Waals surface area (Å²) in [5, 5.41) is 12.5. The van der Waals surface area contributed by atoms with Gasteiger partial charge in [0, 0.05) is 16.5 Å². The summed E-state index contributed by atoms with van der Waals surface area (Å²) < 4.78 is 0. The highest BCUT2D eigenvalue weighted by Crippen LogP contribution is 2.38. The predicted octanol–water partition coefficient (Wildman–Crippen LogP) is 3.49. The van der Waals surface area contributed by atoms with Crippen molar-refractivity contribution in [1.29, 1.82) is 0 Å². The van der Waals surface area contributed by atoms with Crippen LogP contribution in [-0.2, 0) is 0 Å². The number of aliphatic hydroxyl groups excluding tert-OH is 1. The van der Waals surface area contributed by atoms with E-state index in [9.17, 15) is 9.90 Å². The average Bonchev–Trinajstić information content (AvgIpc) is 2.79. The number of fused-ring (bicyclic) bond motifs is 2. The summed E-state index contributed by atoms with van der Waals surface area (Å²) in [4.78, 5) is 14.1. The summed E-state index contributed by atoms with van der Waals surface area (Å²) in [7, 11) is 0. The van der Waals surface area contributed by atoms with Crippen LogP contribution in [0.4, 0.5) is 5.69 Å². The molecule has 0 spiro atoms. The molecule has 0 saturated carbocycles. The third kappa shape index (κ3) is 1.68. The Hall–Kier alpha value is -2.65. The number of nitrogens with zero attached hydrogens (tertiary/aromatic N) is 1. The van der Waals surface area contributed by atoms with E-state index in [-0.39, 0.29) is 5.91 Å². The SMILES string of the molecule is O=C1c2ccccc2C(O)N1c1cccc2ccccc12. The van der Waals surface area contributed by atoms with E-state index in [2.05, 4.69) is 0 Å². The highest BCUT2D eigenvalue weighted by atomic mass is 16.3. The van der Waals surface area contributed by atoms with Crippen LogP contribution in [0.3, 0.4) is 0 Å². The maximum absolute atomic E-state index is 12.6. The molecule has 3 nitrogen and oxygen atoms in total. The Kier molecular flexibility index (Phi) is 2.56. The molecular weight excluding hydrogens is 262 g/mol. The molecule has 21 heavy (non-hydrogen) atoms. The highest BCUT2D eigenvalue weighted by molar-refractivity contribution is 6.14. The summed E-state index contributed by atoms with van der Waals surface area (Å²) >= 11 is 0. The molecule has 0 radical (unpaired) electrons. The first-order valence-electron chi connectivity index (χ1n) is 6.86. The Bertz CT molecular complexity index is 851. The van der Waals surface area contributed by atoms with Crippen LogP contribution < -0.4 is 4.90 Å². The number of anilines is 1. The minimum absolute atomic E-state index is 0.158. The molecule has 1 aliphatic heterocycles. The Morgan fingerprint density at radius 2 is 1.57 bits per heavy atom. The lowest BCUT2D eigenvalue weighted by molar-refractivity contribution is 0.0936. The molecule has 0 aliphatic carbocycles. The number of rotatable bonds is 1. The predicted molar refractivity (Wildman–Crippen MR) is 82.2 cm³/mol. The number of carbonyl (C=O) groups is 1. The lowest BCUT2D eigenvalue weighted by atomic mass is 10.1. The van der Waals surface area contributed by atoms with Gasteiger partial charge in [-0.25, -0.2) is 0 Å². The van der Waals surface area contributed by atoms with Crippen molar-refractivity contribution in [2.24, 2.45) is 0 Å². The zero-order chi connectivity index (χ0) is 14.4. The van der Waals surface area contributed by atoms with Gasteiger partial charge in [-0.2, -0.15) is 0 Å². The fourth-order valence-electron chi connectivity index (χ4n) is 2.96. The van der Waals surface area contributed by atoms with Gasteiger partial charge in [-0.15, -0.1) is 0 Å². The van der Waals surface area contributed by atoms with Gasteiger partial charge < -0.3 is 5.11 Å². The summed E-state index contributed by atoms with van der Waals surface area (Å²) in [6, 6.07) is 20.8. The van der Waals surface area contributed by atoms with Crippen molar-refractivity contribution in [3.05, 3.63) is 77.9 Å². The van der Waals surface area contributed by atoms with Crippen molar-refractivity contribution < 1.29 is 9.90 Å². The van der Waals surface area contributed by atoms with Crippen molar-refractivity contribution in [2.45, 2.75) is 6.23 Å². The Balaban J connectivity index is 1.93. The molecule has 1 atom stereocenters. The molecule has 0 bridgehead atoms. The molecule has 4 rings (SSSR count). The molecule has 3 heteroatoms. The number of benzene rings is 3. The maximum atomic E-state index is 12.6. The molecule has 1 unspecified atom stereocenters. The molecule has 0 aromatic heterocycles. The van der Waals surface area contributed by atoms with E-state index in [1.165, 1.54) is 4.90 Å². The van der Waals surface area contributed by atoms with Gasteiger partial charge in [0.2, 0.25) is 0 Å². The summed E-state index contributed by atoms with van der Waals surface area (Å²) in [5.74, 6) is -0.158. The van der Waals surface area contributed by atoms with Crippen LogP contribution in [-0.4, -0.2) is 11.0 Å². The van der Waals surface area contributed by atoms with E-state index in [4.69, 9.17) is 0 Å². The topological polar surface area (TPSA) is 40.5 Å². The minimum Gasteiger partial charge on any atom is -0.369 e. The Morgan fingerprint density at radius 1 is 0.857 bits per heavy atom. The van der Waals surface area contributed by atoms with Crippen molar-refractivity contribution in [1.82, 2.24) is 0 Å². The average molecular weight is 275 g/mol. The quantitative estimate of drug-likeness (QED) is 0.738. The fourth-order valence-corrected chi connectivity index (χ4v) is 2.96. The smallest absolute Gasteiger partial charge is 0.261 e. The van der Waals surface area contributed by atoms with Gasteiger partial charge in [-0.3, -0.25) is 9.69 Å². The lowest BCUT2D eigenvalue weighted by Gasteiger charge is -2.22. The molecule has 3 aromatic carbocycles. The van der Waals surface area contributed by atoms with Crippen LogP contribution in [0.1, 0.15) is 22.1 Å². The number of carbonyl (C=O) groups excluding carboxylic acids is 1. The molecule has 1 heterocycles. The second-order valence-corrected chi connectivity index (χ2v) is 5.13. The molecule has 102 valence electrons. The van der Waals surface area contributed by atoms with Gasteiger partial charge in [-0.05, 0) is 17.5 Å². The largest absolute Gasteiger partial charge is 0.369 e. The molecule has 0 saturated heterocycles. The fraction of sp³-hybridized carbons (Fsp3) is 0.0556. The van der Waals surface area contributed by atoms with Crippen molar-refractivity contribution in [3.63, 3.8) is 0 Å². The third-order valence-corrected chi connectivity index (χ3v) is 3.96. The second-order valence-electron chi connectivity index (χ2n) is 5.13. The number of hydrogen-bond donors (Lipinski definition) is 1. The minimum atomic E-state index is -0.931. The summed E-state index contributed by atoms with van der Waals surface area (Å²) in [5.41, 5.74) is 1.97. The standard InChI is InChI=1S/C18H13NO2/c20-17-14-9-3-4-10-15(14)18(21)19(17)16-11-5-7-12-6-1-2-8-13(12)16/h1-11,17,20H. The van der Waals surface area contributed by atoms with Gasteiger partial charge in [-0.1, -0.05) is 54.6 Å². The molecule has 1 aliphatic rings. The van der Waals surface area contributed by atoms with E-state index >= 15 is 0 Å². The number of aliphatic hydroxyl groups is 1. The van der Waals surface area contributed by atoms with Crippen LogP contribution >= 0.6 is 0 Å². The van der Waals surface area contributed by atoms with E-state index in [1.54, 1.807) is 12.1 Å². The first-order valence-corrected chi connectivity index (χ1v) is 6.86. The normalized spacial score (nSPS) is 17.3. The molecule has 1 amide bonds. The first-order chi connectivity index (χ1) is 10.3.